The zero-order chi connectivity index (χ0) is 13.2. The maximum absolute atomic E-state index is 11.3. The summed E-state index contributed by atoms with van der Waals surface area (Å²) in [6, 6.07) is 0. The SMILES string of the molecule is Cc1nc(NN)c(C)c(NC(C)(C)C(N)=O)n1. The van der Waals surface area contributed by atoms with Gasteiger partial charge in [0.05, 0.1) is 0 Å². The molecule has 0 atom stereocenters. The van der Waals surface area contributed by atoms with Crippen LogP contribution in [0.5, 0.6) is 0 Å². The molecule has 0 saturated heterocycles. The van der Waals surface area contributed by atoms with Gasteiger partial charge < -0.3 is 16.5 Å². The molecule has 1 rings (SSSR count). The maximum atomic E-state index is 11.3. The van der Waals surface area contributed by atoms with Gasteiger partial charge in [-0.2, -0.15) is 0 Å². The summed E-state index contributed by atoms with van der Waals surface area (Å²) in [6.07, 6.45) is 0. The molecule has 1 amide bonds. The standard InChI is InChI=1S/C10H18N6O/c1-5-7(15-10(3,4)9(11)17)13-6(2)14-8(5)16-12/h12H2,1-4H3,(H2,11,17)(H2,13,14,15,16). The number of nitrogen functional groups attached to an aromatic ring is 1. The van der Waals surface area contributed by atoms with Gasteiger partial charge in [-0.1, -0.05) is 0 Å². The number of nitrogens with zero attached hydrogens (tertiary/aromatic N) is 2. The molecule has 0 unspecified atom stereocenters. The molecule has 0 aliphatic carbocycles. The molecular formula is C10H18N6O. The number of hydrazine groups is 1. The topological polar surface area (TPSA) is 119 Å². The zero-order valence-corrected chi connectivity index (χ0v) is 10.5. The minimum absolute atomic E-state index is 0.463. The number of aromatic nitrogens is 2. The third kappa shape index (κ3) is 2.82. The molecule has 7 nitrogen and oxygen atoms in total. The molecule has 1 aromatic rings. The smallest absolute Gasteiger partial charge is 0.242 e. The van der Waals surface area contributed by atoms with Crippen LogP contribution in [0.4, 0.5) is 11.6 Å². The summed E-state index contributed by atoms with van der Waals surface area (Å²) in [7, 11) is 0. The van der Waals surface area contributed by atoms with E-state index in [4.69, 9.17) is 11.6 Å². The summed E-state index contributed by atoms with van der Waals surface area (Å²) >= 11 is 0. The van der Waals surface area contributed by atoms with E-state index in [1.807, 2.05) is 0 Å². The lowest BCUT2D eigenvalue weighted by atomic mass is 10.0. The lowest BCUT2D eigenvalue weighted by Crippen LogP contribution is -2.45. The van der Waals surface area contributed by atoms with Gasteiger partial charge in [-0.3, -0.25) is 4.79 Å². The molecule has 1 heterocycles. The highest BCUT2D eigenvalue weighted by Gasteiger charge is 2.26. The van der Waals surface area contributed by atoms with Crippen LogP contribution in [0.3, 0.4) is 0 Å². The summed E-state index contributed by atoms with van der Waals surface area (Å²) in [5.41, 5.74) is 7.61. The van der Waals surface area contributed by atoms with Crippen LogP contribution in [0.15, 0.2) is 0 Å². The number of hydrogen-bond acceptors (Lipinski definition) is 6. The lowest BCUT2D eigenvalue weighted by molar-refractivity contribution is -0.121. The average molecular weight is 238 g/mol. The number of amides is 1. The van der Waals surface area contributed by atoms with E-state index < -0.39 is 11.4 Å². The van der Waals surface area contributed by atoms with Crippen LogP contribution in [-0.4, -0.2) is 21.4 Å². The van der Waals surface area contributed by atoms with Crippen LogP contribution < -0.4 is 22.3 Å². The van der Waals surface area contributed by atoms with Gasteiger partial charge in [-0.15, -0.1) is 0 Å². The highest BCUT2D eigenvalue weighted by molar-refractivity contribution is 5.87. The van der Waals surface area contributed by atoms with Crippen molar-refractivity contribution < 1.29 is 4.79 Å². The fourth-order valence-corrected chi connectivity index (χ4v) is 1.25. The minimum Gasteiger partial charge on any atom is -0.368 e. The monoisotopic (exact) mass is 238 g/mol. The molecule has 0 bridgehead atoms. The van der Waals surface area contributed by atoms with Gasteiger partial charge in [0.25, 0.3) is 0 Å². The molecule has 0 saturated carbocycles. The van der Waals surface area contributed by atoms with Gasteiger partial charge in [-0.05, 0) is 27.7 Å². The molecular weight excluding hydrogens is 220 g/mol. The van der Waals surface area contributed by atoms with Crippen LogP contribution in [0.1, 0.15) is 25.2 Å². The van der Waals surface area contributed by atoms with E-state index >= 15 is 0 Å². The second kappa shape index (κ2) is 4.54. The molecule has 0 aliphatic rings. The Morgan fingerprint density at radius 2 is 1.76 bits per heavy atom. The van der Waals surface area contributed by atoms with Crippen molar-refractivity contribution in [1.82, 2.24) is 9.97 Å². The van der Waals surface area contributed by atoms with Crippen LogP contribution in [0.2, 0.25) is 0 Å². The second-order valence-electron chi connectivity index (χ2n) is 4.35. The summed E-state index contributed by atoms with van der Waals surface area (Å²) in [4.78, 5) is 19.6. The van der Waals surface area contributed by atoms with Crippen LogP contribution in [-0.2, 0) is 4.79 Å². The third-order valence-corrected chi connectivity index (χ3v) is 2.44. The van der Waals surface area contributed by atoms with E-state index in [9.17, 15) is 4.79 Å². The van der Waals surface area contributed by atoms with Crippen molar-refractivity contribution in [3.05, 3.63) is 11.4 Å². The van der Waals surface area contributed by atoms with Crippen molar-refractivity contribution in [1.29, 1.82) is 0 Å². The van der Waals surface area contributed by atoms with E-state index in [-0.39, 0.29) is 0 Å². The fraction of sp³-hybridized carbons (Fsp3) is 0.500. The van der Waals surface area contributed by atoms with Crippen molar-refractivity contribution in [2.75, 3.05) is 10.7 Å². The van der Waals surface area contributed by atoms with Crippen molar-refractivity contribution in [2.24, 2.45) is 11.6 Å². The fourth-order valence-electron chi connectivity index (χ4n) is 1.25. The van der Waals surface area contributed by atoms with Gasteiger partial charge in [0.1, 0.15) is 23.0 Å². The molecule has 0 fully saturated rings. The lowest BCUT2D eigenvalue weighted by Gasteiger charge is -2.24. The first-order valence-electron chi connectivity index (χ1n) is 5.18. The Labute approximate surface area is 100.0 Å². The summed E-state index contributed by atoms with van der Waals surface area (Å²) < 4.78 is 0. The number of aryl methyl sites for hydroxylation is 1. The van der Waals surface area contributed by atoms with Gasteiger partial charge in [0, 0.05) is 5.56 Å². The van der Waals surface area contributed by atoms with Crippen molar-refractivity contribution >= 4 is 17.5 Å². The number of nitrogens with one attached hydrogen (secondary N) is 2. The van der Waals surface area contributed by atoms with Gasteiger partial charge >= 0.3 is 0 Å². The van der Waals surface area contributed by atoms with Crippen LogP contribution >= 0.6 is 0 Å². The van der Waals surface area contributed by atoms with Crippen molar-refractivity contribution in [3.63, 3.8) is 0 Å². The first-order chi connectivity index (χ1) is 7.77. The van der Waals surface area contributed by atoms with Crippen molar-refractivity contribution in [2.45, 2.75) is 33.2 Å². The quantitative estimate of drug-likeness (QED) is 0.435. The Hall–Kier alpha value is -1.89. The van der Waals surface area contributed by atoms with E-state index in [2.05, 4.69) is 20.7 Å². The highest BCUT2D eigenvalue weighted by atomic mass is 16.1. The maximum Gasteiger partial charge on any atom is 0.242 e. The molecule has 17 heavy (non-hydrogen) atoms. The van der Waals surface area contributed by atoms with E-state index in [1.54, 1.807) is 27.7 Å². The molecule has 94 valence electrons. The summed E-state index contributed by atoms with van der Waals surface area (Å²) in [5, 5.41) is 2.98. The Kier molecular flexibility index (Phi) is 3.52. The number of nitrogens with two attached hydrogens (primary N) is 2. The predicted molar refractivity (Wildman–Crippen MR) is 66.2 cm³/mol. The number of rotatable bonds is 4. The van der Waals surface area contributed by atoms with Gasteiger partial charge in [-0.25, -0.2) is 15.8 Å². The van der Waals surface area contributed by atoms with Crippen LogP contribution in [0, 0.1) is 13.8 Å². The zero-order valence-electron chi connectivity index (χ0n) is 10.5. The average Bonchev–Trinajstić information content (AvgIpc) is 2.22. The number of hydrogen-bond donors (Lipinski definition) is 4. The highest BCUT2D eigenvalue weighted by Crippen LogP contribution is 2.22. The molecule has 1 aromatic heterocycles. The first-order valence-corrected chi connectivity index (χ1v) is 5.18. The van der Waals surface area contributed by atoms with Crippen LogP contribution in [0.25, 0.3) is 0 Å². The molecule has 6 N–H and O–H groups in total. The number of carbonyl (C=O) groups excluding carboxylic acids is 1. The summed E-state index contributed by atoms with van der Waals surface area (Å²) in [6.45, 7) is 6.90. The summed E-state index contributed by atoms with van der Waals surface area (Å²) in [5.74, 6) is 6.49. The Morgan fingerprint density at radius 1 is 1.24 bits per heavy atom. The largest absolute Gasteiger partial charge is 0.368 e. The third-order valence-electron chi connectivity index (χ3n) is 2.44. The number of carbonyl (C=O) groups is 1. The Bertz CT molecular complexity index is 443. The molecule has 7 heteroatoms. The first kappa shape index (κ1) is 13.2. The predicted octanol–water partition coefficient (Wildman–Crippen LogP) is 0.0548. The van der Waals surface area contributed by atoms with E-state index in [0.717, 1.165) is 5.56 Å². The second-order valence-corrected chi connectivity index (χ2v) is 4.35. The number of primary amides is 1. The molecule has 0 spiro atoms. The van der Waals surface area contributed by atoms with Crippen molar-refractivity contribution in [3.8, 4) is 0 Å². The normalized spacial score (nSPS) is 11.1. The van der Waals surface area contributed by atoms with E-state index in [1.165, 1.54) is 0 Å². The minimum atomic E-state index is -0.891. The molecule has 0 radical (unpaired) electrons. The Morgan fingerprint density at radius 3 is 2.24 bits per heavy atom. The van der Waals surface area contributed by atoms with Gasteiger partial charge in [0.2, 0.25) is 5.91 Å². The molecule has 0 aliphatic heterocycles. The number of anilines is 2. The molecule has 0 aromatic carbocycles. The Balaban J connectivity index is 3.15. The van der Waals surface area contributed by atoms with Gasteiger partial charge in [0.15, 0.2) is 0 Å². The van der Waals surface area contributed by atoms with E-state index in [0.29, 0.717) is 17.5 Å².